The molecule has 0 radical (unpaired) electrons. The van der Waals surface area contributed by atoms with Gasteiger partial charge in [0, 0.05) is 13.2 Å². The summed E-state index contributed by atoms with van der Waals surface area (Å²) in [5, 5.41) is 3.02. The first-order valence-electron chi connectivity index (χ1n) is 6.44. The first-order chi connectivity index (χ1) is 8.81. The van der Waals surface area contributed by atoms with Gasteiger partial charge in [0.1, 0.15) is 0 Å². The number of hydrogen-bond acceptors (Lipinski definition) is 3. The fourth-order valence-corrected chi connectivity index (χ4v) is 2.24. The quantitative estimate of drug-likeness (QED) is 0.836. The average Bonchev–Trinajstić information content (AvgIpc) is 2.42. The molecule has 1 fully saturated rings. The van der Waals surface area contributed by atoms with Crippen molar-refractivity contribution in [2.45, 2.75) is 24.8 Å². The topological polar surface area (TPSA) is 64.4 Å². The molecule has 1 aromatic carbocycles. The van der Waals surface area contributed by atoms with E-state index in [0.717, 1.165) is 25.0 Å². The van der Waals surface area contributed by atoms with Crippen LogP contribution in [0.4, 0.5) is 0 Å². The van der Waals surface area contributed by atoms with E-state index in [0.29, 0.717) is 13.2 Å². The Morgan fingerprint density at radius 1 is 1.44 bits per heavy atom. The summed E-state index contributed by atoms with van der Waals surface area (Å²) in [5.74, 6) is -0.271. The van der Waals surface area contributed by atoms with E-state index in [1.54, 1.807) is 0 Å². The number of amides is 1. The molecule has 1 heterocycles. The molecule has 0 saturated carbocycles. The highest BCUT2D eigenvalue weighted by Gasteiger charge is 2.23. The van der Waals surface area contributed by atoms with Crippen molar-refractivity contribution in [2.24, 2.45) is 5.73 Å². The number of ether oxygens (including phenoxy) is 1. The molecule has 4 heteroatoms. The van der Waals surface area contributed by atoms with Gasteiger partial charge in [0.2, 0.25) is 5.91 Å². The summed E-state index contributed by atoms with van der Waals surface area (Å²) in [6.45, 7) is 1.73. The van der Waals surface area contributed by atoms with Crippen LogP contribution in [0.25, 0.3) is 0 Å². The van der Waals surface area contributed by atoms with Crippen LogP contribution in [0.1, 0.15) is 24.3 Å². The number of benzene rings is 1. The van der Waals surface area contributed by atoms with Crippen molar-refractivity contribution in [1.29, 1.82) is 0 Å². The summed E-state index contributed by atoms with van der Waals surface area (Å²) in [6.07, 6.45) is 1.99. The lowest BCUT2D eigenvalue weighted by Crippen LogP contribution is -2.44. The van der Waals surface area contributed by atoms with Gasteiger partial charge in [-0.15, -0.1) is 0 Å². The van der Waals surface area contributed by atoms with Gasteiger partial charge < -0.3 is 15.8 Å². The minimum absolute atomic E-state index is 0.000741. The number of hydrogen-bond donors (Lipinski definition) is 2. The van der Waals surface area contributed by atoms with Crippen molar-refractivity contribution in [3.05, 3.63) is 35.9 Å². The summed E-state index contributed by atoms with van der Waals surface area (Å²) in [6, 6.07) is 9.79. The molecule has 2 atom stereocenters. The van der Waals surface area contributed by atoms with E-state index < -0.39 is 0 Å². The molecule has 0 bridgehead atoms. The van der Waals surface area contributed by atoms with Crippen molar-refractivity contribution in [1.82, 2.24) is 5.32 Å². The molecule has 1 amide bonds. The van der Waals surface area contributed by atoms with Crippen LogP contribution in [-0.2, 0) is 9.53 Å². The van der Waals surface area contributed by atoms with Crippen LogP contribution in [0.2, 0.25) is 0 Å². The molecule has 18 heavy (non-hydrogen) atoms. The normalized spacial score (nSPS) is 21.3. The summed E-state index contributed by atoms with van der Waals surface area (Å²) in [7, 11) is 0. The van der Waals surface area contributed by atoms with Gasteiger partial charge in [-0.2, -0.15) is 0 Å². The van der Waals surface area contributed by atoms with E-state index in [9.17, 15) is 4.79 Å². The zero-order valence-electron chi connectivity index (χ0n) is 10.5. The van der Waals surface area contributed by atoms with E-state index >= 15 is 0 Å². The first kappa shape index (κ1) is 13.1. The smallest absolute Gasteiger partial charge is 0.229 e. The molecular weight excluding hydrogens is 228 g/mol. The average molecular weight is 248 g/mol. The third-order valence-electron chi connectivity index (χ3n) is 3.26. The third kappa shape index (κ3) is 3.31. The fourth-order valence-electron chi connectivity index (χ4n) is 2.24. The van der Waals surface area contributed by atoms with Crippen molar-refractivity contribution >= 4 is 5.91 Å². The number of nitrogens with one attached hydrogen (secondary N) is 1. The monoisotopic (exact) mass is 248 g/mol. The lowest BCUT2D eigenvalue weighted by Gasteiger charge is -2.25. The maximum absolute atomic E-state index is 12.2. The summed E-state index contributed by atoms with van der Waals surface area (Å²) < 4.78 is 5.36. The molecule has 1 saturated heterocycles. The van der Waals surface area contributed by atoms with Gasteiger partial charge in [-0.1, -0.05) is 30.3 Å². The van der Waals surface area contributed by atoms with Gasteiger partial charge in [-0.25, -0.2) is 0 Å². The molecule has 0 aromatic heterocycles. The van der Waals surface area contributed by atoms with Gasteiger partial charge in [0.05, 0.1) is 18.6 Å². The largest absolute Gasteiger partial charge is 0.379 e. The number of carbonyl (C=O) groups excluding carboxylic acids is 1. The highest BCUT2D eigenvalue weighted by atomic mass is 16.5. The zero-order chi connectivity index (χ0) is 12.8. The van der Waals surface area contributed by atoms with Gasteiger partial charge in [0.15, 0.2) is 0 Å². The molecule has 98 valence electrons. The Labute approximate surface area is 108 Å². The SMILES string of the molecule is NCC(C(=O)NC1CCCOC1)c1ccccc1. The van der Waals surface area contributed by atoms with Crippen molar-refractivity contribution < 1.29 is 9.53 Å². The molecule has 1 aliphatic rings. The van der Waals surface area contributed by atoms with E-state index in [2.05, 4.69) is 5.32 Å². The second-order valence-corrected chi connectivity index (χ2v) is 4.62. The minimum atomic E-state index is -0.270. The molecule has 4 nitrogen and oxygen atoms in total. The Balaban J connectivity index is 1.97. The van der Waals surface area contributed by atoms with E-state index in [4.69, 9.17) is 10.5 Å². The fraction of sp³-hybridized carbons (Fsp3) is 0.500. The van der Waals surface area contributed by atoms with Crippen LogP contribution in [0.5, 0.6) is 0 Å². The third-order valence-corrected chi connectivity index (χ3v) is 3.26. The Kier molecular flexibility index (Phi) is 4.73. The van der Waals surface area contributed by atoms with Crippen molar-refractivity contribution in [3.8, 4) is 0 Å². The van der Waals surface area contributed by atoms with Crippen LogP contribution in [-0.4, -0.2) is 31.7 Å². The molecular formula is C14H20N2O2. The van der Waals surface area contributed by atoms with Crippen LogP contribution in [0.3, 0.4) is 0 Å². The first-order valence-corrected chi connectivity index (χ1v) is 6.44. The maximum Gasteiger partial charge on any atom is 0.229 e. The van der Waals surface area contributed by atoms with Crippen LogP contribution < -0.4 is 11.1 Å². The van der Waals surface area contributed by atoms with Crippen LogP contribution in [0.15, 0.2) is 30.3 Å². The molecule has 3 N–H and O–H groups in total. The van der Waals surface area contributed by atoms with Gasteiger partial charge >= 0.3 is 0 Å². The number of rotatable bonds is 4. The summed E-state index contributed by atoms with van der Waals surface area (Å²) in [5.41, 5.74) is 6.69. The van der Waals surface area contributed by atoms with Gasteiger partial charge in [0.25, 0.3) is 0 Å². The van der Waals surface area contributed by atoms with Gasteiger partial charge in [-0.3, -0.25) is 4.79 Å². The molecule has 1 aromatic rings. The highest BCUT2D eigenvalue weighted by Crippen LogP contribution is 2.15. The van der Waals surface area contributed by atoms with Crippen LogP contribution >= 0.6 is 0 Å². The predicted octanol–water partition coefficient (Wildman–Crippen LogP) is 1.02. The number of carbonyl (C=O) groups is 1. The maximum atomic E-state index is 12.2. The van der Waals surface area contributed by atoms with Crippen LogP contribution in [0, 0.1) is 0 Å². The molecule has 1 aliphatic heterocycles. The van der Waals surface area contributed by atoms with E-state index in [-0.39, 0.29) is 17.9 Å². The standard InChI is InChI=1S/C14H20N2O2/c15-9-13(11-5-2-1-3-6-11)14(17)16-12-7-4-8-18-10-12/h1-3,5-6,12-13H,4,7-10,15H2,(H,16,17). The van der Waals surface area contributed by atoms with Gasteiger partial charge in [-0.05, 0) is 18.4 Å². The molecule has 2 rings (SSSR count). The summed E-state index contributed by atoms with van der Waals surface area (Å²) >= 11 is 0. The lowest BCUT2D eigenvalue weighted by atomic mass is 9.97. The Morgan fingerprint density at radius 3 is 2.83 bits per heavy atom. The molecule has 2 unspecified atom stereocenters. The second-order valence-electron chi connectivity index (χ2n) is 4.62. The second kappa shape index (κ2) is 6.52. The minimum Gasteiger partial charge on any atom is -0.379 e. The lowest BCUT2D eigenvalue weighted by molar-refractivity contribution is -0.124. The summed E-state index contributed by atoms with van der Waals surface area (Å²) in [4.78, 5) is 12.2. The highest BCUT2D eigenvalue weighted by molar-refractivity contribution is 5.84. The van der Waals surface area contributed by atoms with Crippen molar-refractivity contribution in [2.75, 3.05) is 19.8 Å². The Hall–Kier alpha value is -1.39. The Bertz CT molecular complexity index is 375. The molecule has 0 aliphatic carbocycles. The zero-order valence-corrected chi connectivity index (χ0v) is 10.5. The van der Waals surface area contributed by atoms with E-state index in [1.807, 2.05) is 30.3 Å². The predicted molar refractivity (Wildman–Crippen MR) is 70.2 cm³/mol. The Morgan fingerprint density at radius 2 is 2.22 bits per heavy atom. The molecule has 0 spiro atoms. The van der Waals surface area contributed by atoms with Crippen molar-refractivity contribution in [3.63, 3.8) is 0 Å². The number of nitrogens with two attached hydrogens (primary N) is 1. The van der Waals surface area contributed by atoms with E-state index in [1.165, 1.54) is 0 Å².